The number of carbonyl (C=O) groups excluding carboxylic acids is 1. The molecule has 6 heteroatoms. The SMILES string of the molecule is CCOC(=O)c1cc(C2(c3ccc(O)c(CC)c3)c3cc(Br)ccc3-c3ccc(I)cc32)ccc1O. The van der Waals surface area contributed by atoms with Crippen LogP contribution in [0.3, 0.4) is 0 Å². The Kier molecular flexibility index (Phi) is 6.59. The fourth-order valence-corrected chi connectivity index (χ4v) is 6.15. The van der Waals surface area contributed by atoms with Crippen LogP contribution < -0.4 is 0 Å². The zero-order valence-corrected chi connectivity index (χ0v) is 23.6. The second kappa shape index (κ2) is 9.56. The van der Waals surface area contributed by atoms with Crippen molar-refractivity contribution in [2.75, 3.05) is 6.61 Å². The average molecular weight is 655 g/mol. The number of hydrogen-bond acceptors (Lipinski definition) is 4. The van der Waals surface area contributed by atoms with Crippen LogP contribution in [0, 0.1) is 3.57 Å². The number of benzene rings is 4. The third-order valence-electron chi connectivity index (χ3n) is 6.88. The van der Waals surface area contributed by atoms with Gasteiger partial charge in [0.15, 0.2) is 0 Å². The highest BCUT2D eigenvalue weighted by Gasteiger charge is 2.47. The monoisotopic (exact) mass is 654 g/mol. The van der Waals surface area contributed by atoms with Crippen molar-refractivity contribution in [1.82, 2.24) is 0 Å². The van der Waals surface area contributed by atoms with E-state index in [1.54, 1.807) is 25.1 Å². The molecule has 36 heavy (non-hydrogen) atoms. The van der Waals surface area contributed by atoms with E-state index >= 15 is 0 Å². The maximum Gasteiger partial charge on any atom is 0.341 e. The molecule has 1 unspecified atom stereocenters. The largest absolute Gasteiger partial charge is 0.508 e. The van der Waals surface area contributed by atoms with Crippen molar-refractivity contribution < 1.29 is 19.7 Å². The Morgan fingerprint density at radius 1 is 0.861 bits per heavy atom. The van der Waals surface area contributed by atoms with Crippen molar-refractivity contribution in [1.29, 1.82) is 0 Å². The Hall–Kier alpha value is -2.84. The van der Waals surface area contributed by atoms with E-state index in [0.717, 1.165) is 47.0 Å². The molecule has 0 radical (unpaired) electrons. The molecule has 2 N–H and O–H groups in total. The molecule has 0 amide bonds. The Balaban J connectivity index is 1.94. The second-order valence-corrected chi connectivity index (χ2v) is 10.9. The summed E-state index contributed by atoms with van der Waals surface area (Å²) in [4.78, 5) is 12.8. The van der Waals surface area contributed by atoms with Crippen molar-refractivity contribution >= 4 is 44.5 Å². The molecule has 0 heterocycles. The molecule has 4 aromatic carbocycles. The highest BCUT2D eigenvalue weighted by atomic mass is 127. The third kappa shape index (κ3) is 3.82. The average Bonchev–Trinajstić information content (AvgIpc) is 3.14. The summed E-state index contributed by atoms with van der Waals surface area (Å²) in [5.74, 6) is -0.436. The summed E-state index contributed by atoms with van der Waals surface area (Å²) in [6.45, 7) is 3.97. The number of rotatable bonds is 5. The van der Waals surface area contributed by atoms with E-state index in [2.05, 4.69) is 68.9 Å². The summed E-state index contributed by atoms with van der Waals surface area (Å²) < 4.78 is 7.28. The molecule has 0 spiro atoms. The highest BCUT2D eigenvalue weighted by molar-refractivity contribution is 14.1. The van der Waals surface area contributed by atoms with Crippen LogP contribution in [0.5, 0.6) is 11.5 Å². The number of ether oxygens (including phenoxy) is 1. The van der Waals surface area contributed by atoms with Gasteiger partial charge in [0.05, 0.1) is 12.0 Å². The molecule has 4 nitrogen and oxygen atoms in total. The quantitative estimate of drug-likeness (QED) is 0.152. The van der Waals surface area contributed by atoms with E-state index < -0.39 is 11.4 Å². The third-order valence-corrected chi connectivity index (χ3v) is 8.04. The Bertz CT molecular complexity index is 1460. The molecular weight excluding hydrogens is 631 g/mol. The Morgan fingerprint density at radius 3 is 2.19 bits per heavy atom. The lowest BCUT2D eigenvalue weighted by atomic mass is 9.67. The minimum absolute atomic E-state index is 0.123. The summed E-state index contributed by atoms with van der Waals surface area (Å²) in [5.41, 5.74) is 6.32. The number of fused-ring (bicyclic) bond motifs is 3. The van der Waals surface area contributed by atoms with Crippen LogP contribution in [0.15, 0.2) is 77.3 Å². The van der Waals surface area contributed by atoms with Crippen LogP contribution >= 0.6 is 38.5 Å². The standard InChI is InChI=1S/C30H24BrIO4/c1-3-17-13-18(5-11-27(17)33)30(19-6-12-28(34)24(14-19)29(35)36-4-2)25-15-20(31)7-9-22(25)23-10-8-21(32)16-26(23)30/h5-16,33-34H,3-4H2,1-2H3. The lowest BCUT2D eigenvalue weighted by molar-refractivity contribution is 0.0523. The van der Waals surface area contributed by atoms with Crippen LogP contribution in [-0.2, 0) is 16.6 Å². The minimum Gasteiger partial charge on any atom is -0.508 e. The highest BCUT2D eigenvalue weighted by Crippen LogP contribution is 2.57. The first-order chi connectivity index (χ1) is 17.3. The van der Waals surface area contributed by atoms with Gasteiger partial charge in [0.2, 0.25) is 0 Å². The first-order valence-corrected chi connectivity index (χ1v) is 13.6. The number of esters is 1. The van der Waals surface area contributed by atoms with Gasteiger partial charge in [0.1, 0.15) is 17.1 Å². The van der Waals surface area contributed by atoms with Crippen molar-refractivity contribution in [3.8, 4) is 22.6 Å². The number of hydrogen-bond donors (Lipinski definition) is 2. The molecule has 0 fully saturated rings. The molecule has 0 aromatic heterocycles. The van der Waals surface area contributed by atoms with Gasteiger partial charge >= 0.3 is 5.97 Å². The lowest BCUT2D eigenvalue weighted by Crippen LogP contribution is -2.29. The molecule has 5 rings (SSSR count). The van der Waals surface area contributed by atoms with Gasteiger partial charge in [-0.05, 0) is 117 Å². The summed E-state index contributed by atoms with van der Waals surface area (Å²) in [7, 11) is 0. The van der Waals surface area contributed by atoms with Crippen molar-refractivity contribution in [3.63, 3.8) is 0 Å². The molecular formula is C30H24BrIO4. The maximum absolute atomic E-state index is 12.8. The second-order valence-electron chi connectivity index (χ2n) is 8.78. The first-order valence-electron chi connectivity index (χ1n) is 11.7. The molecule has 1 aliphatic rings. The van der Waals surface area contributed by atoms with Crippen molar-refractivity contribution in [2.45, 2.75) is 25.7 Å². The molecule has 182 valence electrons. The molecule has 4 aromatic rings. The normalized spacial score (nSPS) is 15.9. The maximum atomic E-state index is 12.8. The number of aryl methyl sites for hydroxylation is 1. The zero-order chi connectivity index (χ0) is 25.6. The van der Waals surface area contributed by atoms with E-state index in [9.17, 15) is 15.0 Å². The number of phenols is 2. The van der Waals surface area contributed by atoms with Gasteiger partial charge in [-0.1, -0.05) is 53.2 Å². The smallest absolute Gasteiger partial charge is 0.341 e. The van der Waals surface area contributed by atoms with Crippen LogP contribution in [-0.4, -0.2) is 22.8 Å². The van der Waals surface area contributed by atoms with Gasteiger partial charge in [-0.3, -0.25) is 0 Å². The molecule has 1 atom stereocenters. The first kappa shape index (κ1) is 24.8. The van der Waals surface area contributed by atoms with Crippen molar-refractivity contribution in [3.05, 3.63) is 114 Å². The lowest BCUT2D eigenvalue weighted by Gasteiger charge is -2.34. The van der Waals surface area contributed by atoms with E-state index in [4.69, 9.17) is 4.74 Å². The van der Waals surface area contributed by atoms with Crippen LogP contribution in [0.25, 0.3) is 11.1 Å². The van der Waals surface area contributed by atoms with Crippen LogP contribution in [0.2, 0.25) is 0 Å². The van der Waals surface area contributed by atoms with E-state index in [1.807, 2.05) is 31.2 Å². The topological polar surface area (TPSA) is 66.8 Å². The van der Waals surface area contributed by atoms with E-state index in [-0.39, 0.29) is 23.7 Å². The number of halogens is 2. The van der Waals surface area contributed by atoms with Gasteiger partial charge < -0.3 is 14.9 Å². The number of aromatic hydroxyl groups is 2. The van der Waals surface area contributed by atoms with Gasteiger partial charge in [-0.15, -0.1) is 0 Å². The summed E-state index contributed by atoms with van der Waals surface area (Å²) in [6.07, 6.45) is 0.671. The van der Waals surface area contributed by atoms with Crippen LogP contribution in [0.1, 0.15) is 52.0 Å². The Morgan fingerprint density at radius 2 is 1.50 bits per heavy atom. The summed E-state index contributed by atoms with van der Waals surface area (Å²) >= 11 is 6.00. The predicted octanol–water partition coefficient (Wildman–Crippen LogP) is 7.57. The number of carbonyl (C=O) groups is 1. The molecule has 1 aliphatic carbocycles. The molecule has 0 saturated heterocycles. The van der Waals surface area contributed by atoms with Gasteiger partial charge in [0, 0.05) is 8.04 Å². The fourth-order valence-electron chi connectivity index (χ4n) is 5.30. The molecule has 0 bridgehead atoms. The zero-order valence-electron chi connectivity index (χ0n) is 19.8. The van der Waals surface area contributed by atoms with Crippen LogP contribution in [0.4, 0.5) is 0 Å². The van der Waals surface area contributed by atoms with Gasteiger partial charge in [0.25, 0.3) is 0 Å². The van der Waals surface area contributed by atoms with Crippen molar-refractivity contribution in [2.24, 2.45) is 0 Å². The van der Waals surface area contributed by atoms with Gasteiger partial charge in [-0.2, -0.15) is 0 Å². The summed E-state index contributed by atoms with van der Waals surface area (Å²) in [6, 6.07) is 23.6. The number of phenolic OH excluding ortho intramolecular Hbond substituents is 2. The van der Waals surface area contributed by atoms with Gasteiger partial charge in [-0.25, -0.2) is 4.79 Å². The molecule has 0 saturated carbocycles. The van der Waals surface area contributed by atoms with E-state index in [0.29, 0.717) is 6.42 Å². The van der Waals surface area contributed by atoms with E-state index in [1.165, 1.54) is 0 Å². The Labute approximate surface area is 232 Å². The summed E-state index contributed by atoms with van der Waals surface area (Å²) in [5, 5.41) is 21.1. The predicted molar refractivity (Wildman–Crippen MR) is 153 cm³/mol. The minimum atomic E-state index is -0.789. The molecule has 0 aliphatic heterocycles. The fraction of sp³-hybridized carbons (Fsp3) is 0.167.